The molecule has 0 bridgehead atoms. The molecule has 2 atom stereocenters. The van der Waals surface area contributed by atoms with E-state index in [1.165, 1.54) is 6.26 Å². The van der Waals surface area contributed by atoms with Crippen LogP contribution in [0.5, 0.6) is 5.75 Å². The first-order valence-corrected chi connectivity index (χ1v) is 11.6. The number of benzene rings is 1. The molecule has 1 aliphatic rings. The van der Waals surface area contributed by atoms with E-state index in [2.05, 4.69) is 15.8 Å². The van der Waals surface area contributed by atoms with Crippen molar-refractivity contribution in [1.82, 2.24) is 9.71 Å². The van der Waals surface area contributed by atoms with Gasteiger partial charge in [0.15, 0.2) is 0 Å². The van der Waals surface area contributed by atoms with Crippen molar-refractivity contribution >= 4 is 21.8 Å². The number of pyridine rings is 1. The Morgan fingerprint density at radius 1 is 1.30 bits per heavy atom. The number of nitrogens with one attached hydrogen (secondary N) is 1. The van der Waals surface area contributed by atoms with Crippen LogP contribution in [0.1, 0.15) is 12.0 Å². The zero-order valence-electron chi connectivity index (χ0n) is 15.0. The summed E-state index contributed by atoms with van der Waals surface area (Å²) in [4.78, 5) is 4.28. The van der Waals surface area contributed by atoms with E-state index in [1.54, 1.807) is 12.3 Å². The number of nitriles is 1. The molecule has 8 heteroatoms. The Kier molecular flexibility index (Phi) is 6.37. The van der Waals surface area contributed by atoms with E-state index in [0.29, 0.717) is 12.2 Å². The van der Waals surface area contributed by atoms with Crippen molar-refractivity contribution in [2.75, 3.05) is 24.4 Å². The highest BCUT2D eigenvalue weighted by Crippen LogP contribution is 2.26. The minimum atomic E-state index is -3.22. The molecule has 1 N–H and O–H groups in total. The van der Waals surface area contributed by atoms with Crippen molar-refractivity contribution in [1.29, 1.82) is 5.26 Å². The molecule has 3 rings (SSSR count). The van der Waals surface area contributed by atoms with Gasteiger partial charge in [0, 0.05) is 29.5 Å². The summed E-state index contributed by atoms with van der Waals surface area (Å²) in [5.74, 6) is 2.70. The molecule has 2 heterocycles. The van der Waals surface area contributed by atoms with Crippen molar-refractivity contribution in [3.63, 3.8) is 0 Å². The highest BCUT2D eigenvalue weighted by Gasteiger charge is 2.28. The van der Waals surface area contributed by atoms with E-state index in [9.17, 15) is 8.42 Å². The monoisotopic (exact) mass is 403 g/mol. The zero-order valence-corrected chi connectivity index (χ0v) is 16.6. The van der Waals surface area contributed by atoms with E-state index < -0.39 is 10.0 Å². The molecule has 0 spiro atoms. The number of thioether (sulfide) groups is 1. The average molecular weight is 404 g/mol. The SMILES string of the molecule is CS(=O)(=O)N[C@H]1CCSC[C@@H]1COc1ccc(-c2ccc(C#N)cn2)cc1. The number of nitrogens with zero attached hydrogens (tertiary/aromatic N) is 2. The molecule has 1 aromatic heterocycles. The minimum Gasteiger partial charge on any atom is -0.493 e. The normalized spacial score (nSPS) is 20.0. The maximum Gasteiger partial charge on any atom is 0.208 e. The number of hydrogen-bond acceptors (Lipinski definition) is 6. The van der Waals surface area contributed by atoms with E-state index in [1.807, 2.05) is 42.1 Å². The average Bonchev–Trinajstić information content (AvgIpc) is 2.67. The summed E-state index contributed by atoms with van der Waals surface area (Å²) < 4.78 is 31.7. The summed E-state index contributed by atoms with van der Waals surface area (Å²) in [6.07, 6.45) is 3.56. The summed E-state index contributed by atoms with van der Waals surface area (Å²) >= 11 is 1.82. The van der Waals surface area contributed by atoms with E-state index >= 15 is 0 Å². The predicted octanol–water partition coefficient (Wildman–Crippen LogP) is 2.67. The molecule has 1 fully saturated rings. The van der Waals surface area contributed by atoms with Crippen LogP contribution in [0.15, 0.2) is 42.6 Å². The van der Waals surface area contributed by atoms with Gasteiger partial charge >= 0.3 is 0 Å². The van der Waals surface area contributed by atoms with Crippen LogP contribution in [0.25, 0.3) is 11.3 Å². The summed E-state index contributed by atoms with van der Waals surface area (Å²) in [6.45, 7) is 0.467. The smallest absolute Gasteiger partial charge is 0.208 e. The van der Waals surface area contributed by atoms with Gasteiger partial charge in [-0.1, -0.05) is 0 Å². The molecule has 27 heavy (non-hydrogen) atoms. The van der Waals surface area contributed by atoms with E-state index in [4.69, 9.17) is 10.00 Å². The molecule has 0 aliphatic carbocycles. The van der Waals surface area contributed by atoms with Crippen molar-refractivity contribution < 1.29 is 13.2 Å². The van der Waals surface area contributed by atoms with Gasteiger partial charge in [-0.25, -0.2) is 13.1 Å². The summed E-state index contributed by atoms with van der Waals surface area (Å²) in [6, 6.07) is 13.1. The third-order valence-electron chi connectivity index (χ3n) is 4.35. The third kappa shape index (κ3) is 5.70. The second-order valence-corrected chi connectivity index (χ2v) is 9.43. The molecule has 2 aromatic rings. The van der Waals surface area contributed by atoms with Crippen LogP contribution in [0, 0.1) is 17.2 Å². The summed E-state index contributed by atoms with van der Waals surface area (Å²) in [7, 11) is -3.22. The fraction of sp³-hybridized carbons (Fsp3) is 0.368. The van der Waals surface area contributed by atoms with Gasteiger partial charge in [0.05, 0.1) is 24.1 Å². The second-order valence-electron chi connectivity index (χ2n) is 6.50. The molecular formula is C19H21N3O3S2. The van der Waals surface area contributed by atoms with Crippen LogP contribution in [0.3, 0.4) is 0 Å². The summed E-state index contributed by atoms with van der Waals surface area (Å²) in [5.41, 5.74) is 2.26. The van der Waals surface area contributed by atoms with E-state index in [0.717, 1.165) is 34.9 Å². The van der Waals surface area contributed by atoms with Crippen molar-refractivity contribution in [3.8, 4) is 23.1 Å². The van der Waals surface area contributed by atoms with Gasteiger partial charge in [0.1, 0.15) is 11.8 Å². The zero-order chi connectivity index (χ0) is 19.3. The first-order chi connectivity index (χ1) is 12.9. The van der Waals surface area contributed by atoms with Crippen LogP contribution in [-0.2, 0) is 10.0 Å². The first kappa shape index (κ1) is 19.7. The Morgan fingerprint density at radius 3 is 2.70 bits per heavy atom. The van der Waals surface area contributed by atoms with Gasteiger partial charge in [-0.2, -0.15) is 17.0 Å². The maximum absolute atomic E-state index is 11.5. The lowest BCUT2D eigenvalue weighted by Crippen LogP contribution is -2.45. The predicted molar refractivity (Wildman–Crippen MR) is 107 cm³/mol. The topological polar surface area (TPSA) is 92.1 Å². The van der Waals surface area contributed by atoms with Crippen molar-refractivity contribution in [2.24, 2.45) is 5.92 Å². The first-order valence-electron chi connectivity index (χ1n) is 8.59. The molecule has 0 amide bonds. The lowest BCUT2D eigenvalue weighted by Gasteiger charge is -2.31. The quantitative estimate of drug-likeness (QED) is 0.797. The van der Waals surface area contributed by atoms with Crippen LogP contribution in [0.2, 0.25) is 0 Å². The van der Waals surface area contributed by atoms with Crippen LogP contribution in [-0.4, -0.2) is 43.8 Å². The molecule has 1 aliphatic heterocycles. The molecule has 142 valence electrons. The number of hydrogen-bond donors (Lipinski definition) is 1. The number of aromatic nitrogens is 1. The third-order valence-corrected chi connectivity index (χ3v) is 6.27. The second kappa shape index (κ2) is 8.74. The minimum absolute atomic E-state index is 0.0802. The van der Waals surface area contributed by atoms with Crippen molar-refractivity contribution in [3.05, 3.63) is 48.2 Å². The van der Waals surface area contributed by atoms with E-state index in [-0.39, 0.29) is 12.0 Å². The fourth-order valence-electron chi connectivity index (χ4n) is 2.95. The van der Waals surface area contributed by atoms with Gasteiger partial charge in [-0.3, -0.25) is 4.98 Å². The van der Waals surface area contributed by atoms with Gasteiger partial charge < -0.3 is 4.74 Å². The number of sulfonamides is 1. The van der Waals surface area contributed by atoms with Gasteiger partial charge in [0.2, 0.25) is 10.0 Å². The summed E-state index contributed by atoms with van der Waals surface area (Å²) in [5, 5.41) is 8.84. The number of ether oxygens (including phenoxy) is 1. The van der Waals surface area contributed by atoms with Crippen LogP contribution >= 0.6 is 11.8 Å². The highest BCUT2D eigenvalue weighted by molar-refractivity contribution is 7.99. The fourth-order valence-corrected chi connectivity index (χ4v) is 5.03. The Morgan fingerprint density at radius 2 is 2.07 bits per heavy atom. The lowest BCUT2D eigenvalue weighted by atomic mass is 10.0. The van der Waals surface area contributed by atoms with Gasteiger partial charge in [-0.15, -0.1) is 0 Å². The van der Waals surface area contributed by atoms with Gasteiger partial charge in [0.25, 0.3) is 0 Å². The largest absolute Gasteiger partial charge is 0.493 e. The Balaban J connectivity index is 1.61. The molecular weight excluding hydrogens is 382 g/mol. The Bertz CT molecular complexity index is 907. The Labute approximate surface area is 164 Å². The van der Waals surface area contributed by atoms with Gasteiger partial charge in [-0.05, 0) is 48.6 Å². The lowest BCUT2D eigenvalue weighted by molar-refractivity contribution is 0.229. The molecule has 0 radical (unpaired) electrons. The molecule has 0 unspecified atom stereocenters. The number of rotatable bonds is 6. The standard InChI is InChI=1S/C19H21N3O3S2/c1-27(23,24)22-19-8-9-26-13-16(19)12-25-17-5-3-15(4-6-17)18-7-2-14(10-20)11-21-18/h2-7,11,16,19,22H,8-9,12-13H2,1H3/t16-,19-/m0/s1. The van der Waals surface area contributed by atoms with Crippen LogP contribution in [0.4, 0.5) is 0 Å². The maximum atomic E-state index is 11.5. The highest BCUT2D eigenvalue weighted by atomic mass is 32.2. The van der Waals surface area contributed by atoms with Crippen molar-refractivity contribution in [2.45, 2.75) is 12.5 Å². The molecule has 6 nitrogen and oxygen atoms in total. The van der Waals surface area contributed by atoms with Crippen LogP contribution < -0.4 is 9.46 Å². The molecule has 1 aromatic carbocycles. The molecule has 0 saturated carbocycles. The molecule has 1 saturated heterocycles. The Hall–Kier alpha value is -2.08.